The summed E-state index contributed by atoms with van der Waals surface area (Å²) in [5.41, 5.74) is 6.00. The highest BCUT2D eigenvalue weighted by Crippen LogP contribution is 2.55. The van der Waals surface area contributed by atoms with Crippen molar-refractivity contribution in [2.45, 2.75) is 63.5 Å². The highest BCUT2D eigenvalue weighted by Gasteiger charge is 2.57. The Morgan fingerprint density at radius 2 is 1.81 bits per heavy atom. The molecule has 92 valence electrons. The summed E-state index contributed by atoms with van der Waals surface area (Å²) in [5.74, 6) is 2.25. The summed E-state index contributed by atoms with van der Waals surface area (Å²) in [7, 11) is 0. The van der Waals surface area contributed by atoms with Crippen molar-refractivity contribution in [3.63, 3.8) is 0 Å². The van der Waals surface area contributed by atoms with Crippen LogP contribution in [0.5, 0.6) is 0 Å². The normalized spacial score (nSPS) is 56.8. The van der Waals surface area contributed by atoms with E-state index in [1.54, 1.807) is 0 Å². The van der Waals surface area contributed by atoms with E-state index in [0.29, 0.717) is 23.7 Å². The van der Waals surface area contributed by atoms with E-state index in [1.807, 2.05) is 0 Å². The molecular formula is C14H25NO. The summed E-state index contributed by atoms with van der Waals surface area (Å²) < 4.78 is 0. The van der Waals surface area contributed by atoms with Gasteiger partial charge in [-0.15, -0.1) is 0 Å². The lowest BCUT2D eigenvalue weighted by atomic mass is 9.50. The lowest BCUT2D eigenvalue weighted by Crippen LogP contribution is -2.65. The molecule has 2 bridgehead atoms. The van der Waals surface area contributed by atoms with Crippen LogP contribution in [0.1, 0.15) is 51.9 Å². The van der Waals surface area contributed by atoms with Crippen LogP contribution in [0.25, 0.3) is 0 Å². The summed E-state index contributed by atoms with van der Waals surface area (Å²) in [6.07, 6.45) is 8.50. The Balaban J connectivity index is 1.96. The summed E-state index contributed by atoms with van der Waals surface area (Å²) in [4.78, 5) is 0. The van der Waals surface area contributed by atoms with Crippen LogP contribution in [0.4, 0.5) is 0 Å². The maximum atomic E-state index is 11.1. The quantitative estimate of drug-likeness (QED) is 0.662. The van der Waals surface area contributed by atoms with Crippen molar-refractivity contribution in [2.24, 2.45) is 29.4 Å². The molecule has 2 nitrogen and oxygen atoms in total. The first-order valence-corrected chi connectivity index (χ1v) is 7.12. The molecule has 0 amide bonds. The van der Waals surface area contributed by atoms with Crippen molar-refractivity contribution in [1.29, 1.82) is 0 Å². The van der Waals surface area contributed by atoms with E-state index >= 15 is 0 Å². The minimum absolute atomic E-state index is 0.267. The van der Waals surface area contributed by atoms with Crippen LogP contribution in [-0.2, 0) is 0 Å². The maximum Gasteiger partial charge on any atom is 0.0721 e. The lowest BCUT2D eigenvalue weighted by molar-refractivity contribution is -0.174. The molecule has 0 spiro atoms. The fourth-order valence-electron chi connectivity index (χ4n) is 5.14. The Morgan fingerprint density at radius 3 is 2.62 bits per heavy atom. The molecule has 6 atom stereocenters. The van der Waals surface area contributed by atoms with Gasteiger partial charge < -0.3 is 10.8 Å². The van der Waals surface area contributed by atoms with Gasteiger partial charge in [-0.2, -0.15) is 0 Å². The number of nitrogens with two attached hydrogens (primary N) is 1. The van der Waals surface area contributed by atoms with Crippen molar-refractivity contribution in [2.75, 3.05) is 0 Å². The molecule has 3 aliphatic carbocycles. The third-order valence-electron chi connectivity index (χ3n) is 5.95. The third kappa shape index (κ3) is 1.32. The highest BCUT2D eigenvalue weighted by molar-refractivity contribution is 5.09. The Labute approximate surface area is 98.6 Å². The van der Waals surface area contributed by atoms with Gasteiger partial charge in [-0.25, -0.2) is 0 Å². The first kappa shape index (κ1) is 11.0. The van der Waals surface area contributed by atoms with Gasteiger partial charge in [0.1, 0.15) is 0 Å². The Hall–Kier alpha value is -0.0800. The van der Waals surface area contributed by atoms with E-state index in [1.165, 1.54) is 32.1 Å². The average molecular weight is 223 g/mol. The van der Waals surface area contributed by atoms with E-state index < -0.39 is 5.60 Å². The summed E-state index contributed by atoms with van der Waals surface area (Å²) in [5, 5.41) is 11.1. The van der Waals surface area contributed by atoms with Gasteiger partial charge in [0.25, 0.3) is 0 Å². The van der Waals surface area contributed by atoms with Gasteiger partial charge in [-0.1, -0.05) is 26.2 Å². The second kappa shape index (κ2) is 3.71. The van der Waals surface area contributed by atoms with E-state index in [9.17, 15) is 5.11 Å². The molecule has 3 N–H and O–H groups in total. The third-order valence-corrected chi connectivity index (χ3v) is 5.95. The second-order valence-electron chi connectivity index (χ2n) is 6.48. The minimum Gasteiger partial charge on any atom is -0.389 e. The zero-order valence-electron chi connectivity index (χ0n) is 10.4. The van der Waals surface area contributed by atoms with Gasteiger partial charge in [0.2, 0.25) is 0 Å². The van der Waals surface area contributed by atoms with Crippen LogP contribution in [-0.4, -0.2) is 16.7 Å². The number of hydrogen-bond donors (Lipinski definition) is 2. The molecule has 3 rings (SSSR count). The highest BCUT2D eigenvalue weighted by atomic mass is 16.3. The van der Waals surface area contributed by atoms with E-state index in [0.717, 1.165) is 12.8 Å². The average Bonchev–Trinajstić information content (AvgIpc) is 2.27. The predicted molar refractivity (Wildman–Crippen MR) is 64.9 cm³/mol. The molecule has 0 saturated heterocycles. The first-order chi connectivity index (χ1) is 7.64. The smallest absolute Gasteiger partial charge is 0.0721 e. The Morgan fingerprint density at radius 1 is 1.06 bits per heavy atom. The van der Waals surface area contributed by atoms with Crippen molar-refractivity contribution in [3.8, 4) is 0 Å². The first-order valence-electron chi connectivity index (χ1n) is 7.12. The molecule has 0 aromatic rings. The molecule has 0 aromatic carbocycles. The standard InChI is InChI=1S/C14H25NO/c1-9-10-5-4-7-12(13(10)15)14(16)8-3-2-6-11(9)14/h9-13,16H,2-8,15H2,1H3/t9?,10?,11?,12?,13-,14+/m1/s1. The van der Waals surface area contributed by atoms with Gasteiger partial charge in [0.15, 0.2) is 0 Å². The number of hydrogen-bond acceptors (Lipinski definition) is 2. The van der Waals surface area contributed by atoms with Gasteiger partial charge in [-0.05, 0) is 43.4 Å². The molecular weight excluding hydrogens is 198 g/mol. The molecule has 0 heterocycles. The molecule has 0 aromatic heterocycles. The zero-order chi connectivity index (χ0) is 11.3. The molecule has 3 aliphatic rings. The van der Waals surface area contributed by atoms with E-state index in [2.05, 4.69) is 6.92 Å². The van der Waals surface area contributed by atoms with Gasteiger partial charge in [-0.3, -0.25) is 0 Å². The molecule has 3 saturated carbocycles. The van der Waals surface area contributed by atoms with Gasteiger partial charge in [0.05, 0.1) is 5.60 Å². The summed E-state index contributed by atoms with van der Waals surface area (Å²) in [6, 6.07) is 0.267. The van der Waals surface area contributed by atoms with Crippen molar-refractivity contribution >= 4 is 0 Å². The van der Waals surface area contributed by atoms with Crippen LogP contribution >= 0.6 is 0 Å². The second-order valence-corrected chi connectivity index (χ2v) is 6.48. The van der Waals surface area contributed by atoms with E-state index in [-0.39, 0.29) is 6.04 Å². The molecule has 0 radical (unpaired) electrons. The molecule has 4 unspecified atom stereocenters. The lowest BCUT2D eigenvalue weighted by Gasteiger charge is -2.59. The van der Waals surface area contributed by atoms with Crippen molar-refractivity contribution in [1.82, 2.24) is 0 Å². The largest absolute Gasteiger partial charge is 0.389 e. The Kier molecular flexibility index (Phi) is 2.56. The number of fused-ring (bicyclic) bond motifs is 4. The van der Waals surface area contributed by atoms with Crippen molar-refractivity contribution in [3.05, 3.63) is 0 Å². The van der Waals surface area contributed by atoms with Gasteiger partial charge >= 0.3 is 0 Å². The van der Waals surface area contributed by atoms with Crippen LogP contribution in [0.15, 0.2) is 0 Å². The van der Waals surface area contributed by atoms with E-state index in [4.69, 9.17) is 5.73 Å². The van der Waals surface area contributed by atoms with Crippen LogP contribution in [0.2, 0.25) is 0 Å². The van der Waals surface area contributed by atoms with Crippen LogP contribution in [0.3, 0.4) is 0 Å². The maximum absolute atomic E-state index is 11.1. The summed E-state index contributed by atoms with van der Waals surface area (Å²) >= 11 is 0. The fraction of sp³-hybridized carbons (Fsp3) is 1.00. The minimum atomic E-state index is -0.409. The number of rotatable bonds is 0. The number of aliphatic hydroxyl groups is 1. The monoisotopic (exact) mass is 223 g/mol. The Bertz CT molecular complexity index is 274. The SMILES string of the molecule is CC1C2CCCC([C@@H]2N)[C@]2(O)CCCCC12. The van der Waals surface area contributed by atoms with Crippen LogP contribution < -0.4 is 5.73 Å². The molecule has 16 heavy (non-hydrogen) atoms. The van der Waals surface area contributed by atoms with Crippen molar-refractivity contribution < 1.29 is 5.11 Å². The summed E-state index contributed by atoms with van der Waals surface area (Å²) in [6.45, 7) is 2.34. The van der Waals surface area contributed by atoms with Crippen LogP contribution in [0, 0.1) is 23.7 Å². The zero-order valence-corrected chi connectivity index (χ0v) is 10.4. The fourth-order valence-corrected chi connectivity index (χ4v) is 5.14. The molecule has 2 heteroatoms. The predicted octanol–water partition coefficient (Wildman–Crippen LogP) is 2.30. The molecule has 3 fully saturated rings. The topological polar surface area (TPSA) is 46.2 Å². The van der Waals surface area contributed by atoms with Gasteiger partial charge in [0, 0.05) is 12.0 Å². The molecule has 0 aliphatic heterocycles.